The second-order valence-electron chi connectivity index (χ2n) is 7.70. The van der Waals surface area contributed by atoms with Crippen LogP contribution in [0.5, 0.6) is 0 Å². The zero-order valence-corrected chi connectivity index (χ0v) is 15.0. The molecule has 3 fully saturated rings. The van der Waals surface area contributed by atoms with Crippen molar-refractivity contribution in [3.8, 4) is 0 Å². The monoisotopic (exact) mass is 346 g/mol. The van der Waals surface area contributed by atoms with Crippen LogP contribution in [0.1, 0.15) is 54.6 Å². The van der Waals surface area contributed by atoms with Gasteiger partial charge in [0.1, 0.15) is 0 Å². The normalized spacial score (nSPS) is 25.2. The fraction of sp³-hybridized carbons (Fsp3) is 0.684. The predicted molar refractivity (Wildman–Crippen MR) is 95.0 cm³/mol. The number of carbonyl (C=O) groups is 2. The molecule has 1 spiro atoms. The van der Waals surface area contributed by atoms with Gasteiger partial charge >= 0.3 is 0 Å². The lowest BCUT2D eigenvalue weighted by Gasteiger charge is -2.43. The van der Waals surface area contributed by atoms with Crippen molar-refractivity contribution in [2.45, 2.75) is 44.9 Å². The fourth-order valence-corrected chi connectivity index (χ4v) is 5.45. The smallest absolute Gasteiger partial charge is 0.263 e. The van der Waals surface area contributed by atoms with Crippen LogP contribution in [0.3, 0.4) is 0 Å². The Morgan fingerprint density at radius 1 is 1.17 bits per heavy atom. The molecule has 0 radical (unpaired) electrons. The Morgan fingerprint density at radius 3 is 2.58 bits per heavy atom. The summed E-state index contributed by atoms with van der Waals surface area (Å²) in [5, 5.41) is 1.97. The molecular weight excluding hydrogens is 320 g/mol. The van der Waals surface area contributed by atoms with Gasteiger partial charge in [-0.15, -0.1) is 11.3 Å². The molecule has 1 aliphatic carbocycles. The average Bonchev–Trinajstić information content (AvgIpc) is 3.31. The molecule has 4 nitrogen and oxygen atoms in total. The van der Waals surface area contributed by atoms with E-state index in [1.165, 1.54) is 30.6 Å². The van der Waals surface area contributed by atoms with E-state index in [2.05, 4.69) is 4.90 Å². The Balaban J connectivity index is 1.39. The molecule has 0 N–H and O–H groups in total. The number of nitrogens with zero attached hydrogens (tertiary/aromatic N) is 2. The lowest BCUT2D eigenvalue weighted by molar-refractivity contribution is -0.130. The summed E-state index contributed by atoms with van der Waals surface area (Å²) in [5.41, 5.74) is 0.304. The van der Waals surface area contributed by atoms with Crippen LogP contribution in [0, 0.1) is 11.3 Å². The minimum absolute atomic E-state index is 0.185. The molecule has 3 aliphatic rings. The first-order valence-electron chi connectivity index (χ1n) is 9.28. The molecule has 0 bridgehead atoms. The SMILES string of the molecule is O=C(CCC1CN(C(=O)c2cccs2)CC12CCC2)N1CCCC1. The van der Waals surface area contributed by atoms with E-state index in [9.17, 15) is 9.59 Å². The lowest BCUT2D eigenvalue weighted by Crippen LogP contribution is -2.39. The summed E-state index contributed by atoms with van der Waals surface area (Å²) in [5.74, 6) is 1.01. The van der Waals surface area contributed by atoms with Crippen molar-refractivity contribution in [3.05, 3.63) is 22.4 Å². The number of thiophene rings is 1. The second kappa shape index (κ2) is 6.51. The molecule has 5 heteroatoms. The van der Waals surface area contributed by atoms with Gasteiger partial charge in [-0.1, -0.05) is 12.5 Å². The number of amides is 2. The summed E-state index contributed by atoms with van der Waals surface area (Å²) in [6.07, 6.45) is 7.65. The van der Waals surface area contributed by atoms with E-state index in [0.29, 0.717) is 23.7 Å². The van der Waals surface area contributed by atoms with Gasteiger partial charge in [0.05, 0.1) is 4.88 Å². The maximum Gasteiger partial charge on any atom is 0.263 e. The van der Waals surface area contributed by atoms with Gasteiger partial charge in [-0.3, -0.25) is 9.59 Å². The molecule has 24 heavy (non-hydrogen) atoms. The van der Waals surface area contributed by atoms with E-state index < -0.39 is 0 Å². The first-order valence-corrected chi connectivity index (χ1v) is 10.2. The van der Waals surface area contributed by atoms with E-state index in [1.54, 1.807) is 0 Å². The van der Waals surface area contributed by atoms with E-state index in [0.717, 1.165) is 50.3 Å². The molecule has 2 saturated heterocycles. The summed E-state index contributed by atoms with van der Waals surface area (Å²) in [6.45, 7) is 3.62. The van der Waals surface area contributed by atoms with Crippen LogP contribution in [-0.2, 0) is 4.79 Å². The first kappa shape index (κ1) is 16.1. The summed E-state index contributed by atoms with van der Waals surface area (Å²) in [7, 11) is 0. The topological polar surface area (TPSA) is 40.6 Å². The van der Waals surface area contributed by atoms with Gasteiger partial charge in [-0.05, 0) is 54.9 Å². The van der Waals surface area contributed by atoms with Crippen molar-refractivity contribution < 1.29 is 9.59 Å². The number of rotatable bonds is 4. The van der Waals surface area contributed by atoms with Crippen molar-refractivity contribution >= 4 is 23.2 Å². The van der Waals surface area contributed by atoms with Crippen LogP contribution in [-0.4, -0.2) is 47.8 Å². The van der Waals surface area contributed by atoms with Gasteiger partial charge < -0.3 is 9.80 Å². The maximum atomic E-state index is 12.7. The van der Waals surface area contributed by atoms with Crippen LogP contribution in [0.15, 0.2) is 17.5 Å². The molecule has 1 aromatic heterocycles. The Labute approximate surface area is 147 Å². The number of likely N-dealkylation sites (tertiary alicyclic amines) is 2. The molecule has 1 aromatic rings. The van der Waals surface area contributed by atoms with E-state index in [4.69, 9.17) is 0 Å². The summed E-state index contributed by atoms with van der Waals surface area (Å²) >= 11 is 1.53. The Bertz CT molecular complexity index is 603. The third-order valence-electron chi connectivity index (χ3n) is 6.35. The van der Waals surface area contributed by atoms with Crippen LogP contribution < -0.4 is 0 Å². The quantitative estimate of drug-likeness (QED) is 0.838. The van der Waals surface area contributed by atoms with Gasteiger partial charge in [0.25, 0.3) is 5.91 Å². The molecule has 1 atom stereocenters. The highest BCUT2D eigenvalue weighted by Crippen LogP contribution is 2.53. The van der Waals surface area contributed by atoms with E-state index in [1.807, 2.05) is 22.4 Å². The van der Waals surface area contributed by atoms with Crippen molar-refractivity contribution in [1.29, 1.82) is 0 Å². The highest BCUT2D eigenvalue weighted by Gasteiger charge is 2.51. The van der Waals surface area contributed by atoms with Crippen molar-refractivity contribution in [3.63, 3.8) is 0 Å². The van der Waals surface area contributed by atoms with Gasteiger partial charge in [0, 0.05) is 32.6 Å². The molecule has 0 aromatic carbocycles. The van der Waals surface area contributed by atoms with Crippen molar-refractivity contribution in [1.82, 2.24) is 9.80 Å². The second-order valence-corrected chi connectivity index (χ2v) is 8.65. The van der Waals surface area contributed by atoms with Crippen LogP contribution >= 0.6 is 11.3 Å². The zero-order chi connectivity index (χ0) is 16.6. The Hall–Kier alpha value is -1.36. The highest BCUT2D eigenvalue weighted by molar-refractivity contribution is 7.12. The van der Waals surface area contributed by atoms with Gasteiger partial charge in [0.15, 0.2) is 0 Å². The molecule has 2 amide bonds. The molecule has 3 heterocycles. The largest absolute Gasteiger partial charge is 0.343 e. The minimum Gasteiger partial charge on any atom is -0.343 e. The molecule has 1 unspecified atom stereocenters. The van der Waals surface area contributed by atoms with E-state index in [-0.39, 0.29) is 5.91 Å². The van der Waals surface area contributed by atoms with Crippen LogP contribution in [0.4, 0.5) is 0 Å². The Morgan fingerprint density at radius 2 is 1.96 bits per heavy atom. The fourth-order valence-electron chi connectivity index (χ4n) is 4.76. The molecule has 2 aliphatic heterocycles. The third kappa shape index (κ3) is 2.87. The number of hydrogen-bond donors (Lipinski definition) is 0. The highest BCUT2D eigenvalue weighted by atomic mass is 32.1. The van der Waals surface area contributed by atoms with E-state index >= 15 is 0 Å². The number of carbonyl (C=O) groups excluding carboxylic acids is 2. The van der Waals surface area contributed by atoms with Crippen LogP contribution in [0.25, 0.3) is 0 Å². The third-order valence-corrected chi connectivity index (χ3v) is 7.20. The van der Waals surface area contributed by atoms with Crippen molar-refractivity contribution in [2.75, 3.05) is 26.2 Å². The minimum atomic E-state index is 0.185. The average molecular weight is 346 g/mol. The maximum absolute atomic E-state index is 12.7. The summed E-state index contributed by atoms with van der Waals surface area (Å²) in [6, 6.07) is 3.87. The molecule has 130 valence electrons. The Kier molecular flexibility index (Phi) is 4.37. The number of hydrogen-bond acceptors (Lipinski definition) is 3. The first-order chi connectivity index (χ1) is 11.7. The molecule has 1 saturated carbocycles. The van der Waals surface area contributed by atoms with Crippen LogP contribution in [0.2, 0.25) is 0 Å². The summed E-state index contributed by atoms with van der Waals surface area (Å²) in [4.78, 5) is 30.0. The zero-order valence-electron chi connectivity index (χ0n) is 14.2. The molecular formula is C19H26N2O2S. The van der Waals surface area contributed by atoms with Crippen molar-refractivity contribution in [2.24, 2.45) is 11.3 Å². The van der Waals surface area contributed by atoms with Gasteiger partial charge in [0.2, 0.25) is 5.91 Å². The lowest BCUT2D eigenvalue weighted by atomic mass is 9.62. The standard InChI is InChI=1S/C19H26N2O2S/c22-17(20-10-1-2-11-20)7-6-15-13-21(14-19(15)8-4-9-19)18(23)16-5-3-12-24-16/h3,5,12,15H,1-2,4,6-11,13-14H2. The molecule has 4 rings (SSSR count). The summed E-state index contributed by atoms with van der Waals surface area (Å²) < 4.78 is 0. The van der Waals surface area contributed by atoms with Gasteiger partial charge in [-0.25, -0.2) is 0 Å². The van der Waals surface area contributed by atoms with Gasteiger partial charge in [-0.2, -0.15) is 0 Å². The predicted octanol–water partition coefficient (Wildman–Crippen LogP) is 3.39.